The van der Waals surface area contributed by atoms with Gasteiger partial charge in [-0.05, 0) is 41.0 Å². The van der Waals surface area contributed by atoms with Gasteiger partial charge in [0.25, 0.3) is 0 Å². The number of nitrogens with one attached hydrogen (secondary N) is 1. The number of hydrogen-bond donors (Lipinski definition) is 1. The fraction of sp³-hybridized carbons (Fsp3) is 0.0357. The van der Waals surface area contributed by atoms with Crippen LogP contribution in [0.25, 0.3) is 16.8 Å². The predicted octanol–water partition coefficient (Wildman–Crippen LogP) is 7.79. The monoisotopic (exact) mass is 454 g/mol. The minimum atomic E-state index is -0.135. The Morgan fingerprint density at radius 2 is 1.16 bits per heavy atom. The van der Waals surface area contributed by atoms with E-state index in [9.17, 15) is 0 Å². The first-order valence-electron chi connectivity index (χ1n) is 10.4. The van der Waals surface area contributed by atoms with Crippen LogP contribution < -0.4 is 5.32 Å². The lowest BCUT2D eigenvalue weighted by molar-refractivity contribution is 0.880. The molecule has 0 amide bonds. The van der Waals surface area contributed by atoms with Gasteiger partial charge in [-0.2, -0.15) is 0 Å². The van der Waals surface area contributed by atoms with E-state index in [1.807, 2.05) is 36.4 Å². The molecule has 1 unspecified atom stereocenters. The lowest BCUT2D eigenvalue weighted by Crippen LogP contribution is -2.27. The van der Waals surface area contributed by atoms with Crippen LogP contribution >= 0.6 is 23.2 Å². The van der Waals surface area contributed by atoms with Crippen molar-refractivity contribution >= 4 is 34.7 Å². The topological polar surface area (TPSA) is 24.4 Å². The van der Waals surface area contributed by atoms with Crippen LogP contribution in [0.15, 0.2) is 114 Å². The van der Waals surface area contributed by atoms with E-state index >= 15 is 0 Å². The number of benzene rings is 4. The zero-order valence-corrected chi connectivity index (χ0v) is 18.7. The van der Waals surface area contributed by atoms with Gasteiger partial charge in [-0.1, -0.05) is 108 Å². The van der Waals surface area contributed by atoms with Crippen molar-refractivity contribution in [2.45, 2.75) is 6.04 Å². The van der Waals surface area contributed by atoms with E-state index in [4.69, 9.17) is 28.2 Å². The van der Waals surface area contributed by atoms with E-state index < -0.39 is 0 Å². The number of nitrogens with zero attached hydrogens (tertiary/aromatic N) is 1. The summed E-state index contributed by atoms with van der Waals surface area (Å²) in [7, 11) is 0. The van der Waals surface area contributed by atoms with Crippen molar-refractivity contribution in [1.29, 1.82) is 0 Å². The number of amidine groups is 1. The lowest BCUT2D eigenvalue weighted by atomic mass is 9.98. The minimum Gasteiger partial charge on any atom is -0.340 e. The fourth-order valence-electron chi connectivity index (χ4n) is 3.83. The SMILES string of the molecule is Clc1cc(Cl)cc(C2=CC(c3ccc(-c4ccccc4)cc3)N=C(c3ccccc3)N2)c1. The van der Waals surface area contributed by atoms with E-state index in [2.05, 4.69) is 72.1 Å². The second kappa shape index (κ2) is 9.04. The van der Waals surface area contributed by atoms with Crippen LogP contribution in [0.2, 0.25) is 10.0 Å². The first-order valence-corrected chi connectivity index (χ1v) is 11.2. The first-order chi connectivity index (χ1) is 15.7. The van der Waals surface area contributed by atoms with Crippen molar-refractivity contribution in [3.8, 4) is 11.1 Å². The van der Waals surface area contributed by atoms with Gasteiger partial charge in [0.15, 0.2) is 0 Å². The lowest BCUT2D eigenvalue weighted by Gasteiger charge is -2.23. The van der Waals surface area contributed by atoms with Gasteiger partial charge in [-0.25, -0.2) is 0 Å². The van der Waals surface area contributed by atoms with Crippen molar-refractivity contribution in [3.63, 3.8) is 0 Å². The molecule has 1 N–H and O–H groups in total. The zero-order valence-electron chi connectivity index (χ0n) is 17.2. The first kappa shape index (κ1) is 20.6. The summed E-state index contributed by atoms with van der Waals surface area (Å²) in [6.45, 7) is 0. The van der Waals surface area contributed by atoms with Gasteiger partial charge in [-0.15, -0.1) is 0 Å². The maximum absolute atomic E-state index is 6.28. The van der Waals surface area contributed by atoms with Crippen LogP contribution in [0.4, 0.5) is 0 Å². The molecule has 0 saturated heterocycles. The summed E-state index contributed by atoms with van der Waals surface area (Å²) in [5.74, 6) is 0.816. The minimum absolute atomic E-state index is 0.135. The normalized spacial score (nSPS) is 15.5. The van der Waals surface area contributed by atoms with Gasteiger partial charge in [0.1, 0.15) is 5.84 Å². The highest BCUT2D eigenvalue weighted by molar-refractivity contribution is 6.34. The Balaban J connectivity index is 1.55. The molecule has 1 aliphatic heterocycles. The Bertz CT molecular complexity index is 1270. The standard InChI is InChI=1S/C28H20Cl2N2/c29-24-15-23(16-25(30)17-24)27-18-26(31-28(32-27)22-9-5-2-6-10-22)21-13-11-20(12-14-21)19-7-3-1-4-8-19/h1-18,26H,(H,31,32). The van der Waals surface area contributed by atoms with E-state index in [1.54, 1.807) is 6.07 Å². The molecule has 4 aromatic rings. The molecule has 0 radical (unpaired) electrons. The maximum atomic E-state index is 6.28. The molecule has 156 valence electrons. The molecule has 5 rings (SSSR count). The molecule has 2 nitrogen and oxygen atoms in total. The average Bonchev–Trinajstić information content (AvgIpc) is 2.84. The van der Waals surface area contributed by atoms with Gasteiger partial charge in [0.05, 0.1) is 6.04 Å². The molecular formula is C28H20Cl2N2. The van der Waals surface area contributed by atoms with E-state index in [1.165, 1.54) is 11.1 Å². The molecule has 0 aliphatic carbocycles. The highest BCUT2D eigenvalue weighted by atomic mass is 35.5. The largest absolute Gasteiger partial charge is 0.340 e. The van der Waals surface area contributed by atoms with Gasteiger partial charge in [0.2, 0.25) is 0 Å². The van der Waals surface area contributed by atoms with Crippen LogP contribution in [0.3, 0.4) is 0 Å². The maximum Gasteiger partial charge on any atom is 0.133 e. The quantitative estimate of drug-likeness (QED) is 0.334. The van der Waals surface area contributed by atoms with Crippen molar-refractivity contribution in [3.05, 3.63) is 136 Å². The van der Waals surface area contributed by atoms with Crippen molar-refractivity contribution in [1.82, 2.24) is 5.32 Å². The van der Waals surface area contributed by atoms with Crippen LogP contribution in [-0.2, 0) is 0 Å². The molecule has 1 atom stereocenters. The summed E-state index contributed by atoms with van der Waals surface area (Å²) in [5.41, 5.74) is 6.38. The number of aliphatic imine (C=N–C) groups is 1. The van der Waals surface area contributed by atoms with Crippen molar-refractivity contribution in [2.24, 2.45) is 4.99 Å². The van der Waals surface area contributed by atoms with Crippen molar-refractivity contribution in [2.75, 3.05) is 0 Å². The molecule has 0 saturated carbocycles. The molecule has 0 aromatic heterocycles. The summed E-state index contributed by atoms with van der Waals surface area (Å²) in [6.07, 6.45) is 2.12. The third-order valence-electron chi connectivity index (χ3n) is 5.43. The number of halogens is 2. The van der Waals surface area contributed by atoms with E-state index in [0.29, 0.717) is 10.0 Å². The number of hydrogen-bond acceptors (Lipinski definition) is 2. The van der Waals surface area contributed by atoms with Crippen LogP contribution in [0.5, 0.6) is 0 Å². The Kier molecular flexibility index (Phi) is 5.81. The Morgan fingerprint density at radius 1 is 0.594 bits per heavy atom. The summed E-state index contributed by atoms with van der Waals surface area (Å²) in [4.78, 5) is 5.01. The molecule has 0 bridgehead atoms. The smallest absolute Gasteiger partial charge is 0.133 e. The molecular weight excluding hydrogens is 435 g/mol. The summed E-state index contributed by atoms with van der Waals surface area (Å²) in [5, 5.41) is 4.67. The summed E-state index contributed by atoms with van der Waals surface area (Å²) in [6, 6.07) is 34.5. The molecule has 4 heteroatoms. The third kappa shape index (κ3) is 4.47. The summed E-state index contributed by atoms with van der Waals surface area (Å²) >= 11 is 12.6. The van der Waals surface area contributed by atoms with Gasteiger partial charge >= 0.3 is 0 Å². The summed E-state index contributed by atoms with van der Waals surface area (Å²) < 4.78 is 0. The molecule has 1 aliphatic rings. The van der Waals surface area contributed by atoms with Crippen molar-refractivity contribution < 1.29 is 0 Å². The highest BCUT2D eigenvalue weighted by Crippen LogP contribution is 2.31. The van der Waals surface area contributed by atoms with Crippen LogP contribution in [0.1, 0.15) is 22.7 Å². The molecule has 4 aromatic carbocycles. The zero-order chi connectivity index (χ0) is 21.9. The third-order valence-corrected chi connectivity index (χ3v) is 5.86. The number of rotatable bonds is 4. The second-order valence-corrected chi connectivity index (χ2v) is 8.51. The Labute approximate surface area is 197 Å². The predicted molar refractivity (Wildman–Crippen MR) is 135 cm³/mol. The van der Waals surface area contributed by atoms with Crippen LogP contribution in [0, 0.1) is 0 Å². The van der Waals surface area contributed by atoms with E-state index in [0.717, 1.165) is 28.2 Å². The van der Waals surface area contributed by atoms with Gasteiger partial charge in [0, 0.05) is 26.9 Å². The molecule has 1 heterocycles. The van der Waals surface area contributed by atoms with Crippen LogP contribution in [-0.4, -0.2) is 5.84 Å². The molecule has 32 heavy (non-hydrogen) atoms. The van der Waals surface area contributed by atoms with Gasteiger partial charge in [-0.3, -0.25) is 4.99 Å². The second-order valence-electron chi connectivity index (χ2n) is 7.64. The average molecular weight is 455 g/mol. The molecule has 0 spiro atoms. The highest BCUT2D eigenvalue weighted by Gasteiger charge is 2.19. The van der Waals surface area contributed by atoms with E-state index in [-0.39, 0.29) is 6.04 Å². The molecule has 0 fully saturated rings. The van der Waals surface area contributed by atoms with Gasteiger partial charge < -0.3 is 5.32 Å². The Morgan fingerprint density at radius 3 is 1.78 bits per heavy atom. The Hall–Kier alpha value is -3.33. The fourth-order valence-corrected chi connectivity index (χ4v) is 4.36.